The lowest BCUT2D eigenvalue weighted by Crippen LogP contribution is -2.66. The Morgan fingerprint density at radius 3 is 1.67 bits per heavy atom. The van der Waals surface area contributed by atoms with Crippen LogP contribution >= 0.6 is 0 Å². The van der Waals surface area contributed by atoms with Crippen molar-refractivity contribution in [3.63, 3.8) is 0 Å². The molecule has 4 aliphatic rings. The number of aliphatic hydroxyl groups is 4. The maximum atomic E-state index is 14.7. The molecule has 8 unspecified atom stereocenters. The number of phenolic OH excluding ortho intramolecular Hbond substituents is 1. The van der Waals surface area contributed by atoms with E-state index in [9.17, 15) is 59.7 Å². The van der Waals surface area contributed by atoms with Gasteiger partial charge in [-0.05, 0) is 132 Å². The summed E-state index contributed by atoms with van der Waals surface area (Å²) in [4.78, 5) is 61.3. The van der Waals surface area contributed by atoms with Gasteiger partial charge in [0.15, 0.2) is 11.4 Å². The van der Waals surface area contributed by atoms with Crippen molar-refractivity contribution in [2.75, 3.05) is 13.2 Å². The molecule has 0 saturated carbocycles. The molecule has 8 atom stereocenters. The number of carboxylic acid groups (broad SMARTS) is 2. The number of aromatic hydroxyl groups is 1. The van der Waals surface area contributed by atoms with Crippen LogP contribution in [0.15, 0.2) is 65.3 Å². The number of Topliss-reactive ketones (excluding diaryl/α,β-unsaturated/α-hetero) is 1. The van der Waals surface area contributed by atoms with Gasteiger partial charge >= 0.3 is 23.9 Å². The van der Waals surface area contributed by atoms with E-state index in [-0.39, 0.29) is 60.7 Å². The molecular weight excluding hydrogens is 1180 g/mol. The minimum absolute atomic E-state index is 0.0286. The summed E-state index contributed by atoms with van der Waals surface area (Å²) in [6, 6.07) is 0. The van der Waals surface area contributed by atoms with Gasteiger partial charge in [0.25, 0.3) is 0 Å². The Morgan fingerprint density at radius 2 is 1.19 bits per heavy atom. The van der Waals surface area contributed by atoms with Crippen LogP contribution in [0.5, 0.6) is 17.2 Å². The number of rotatable bonds is 40. The molecule has 93 heavy (non-hydrogen) atoms. The maximum Gasteiger partial charge on any atom is 0.340 e. The number of esters is 2. The monoisotopic (exact) mass is 1300 g/mol. The predicted octanol–water partition coefficient (Wildman–Crippen LogP) is 15.2. The van der Waals surface area contributed by atoms with Crippen LogP contribution in [0, 0.1) is 18.3 Å². The fraction of sp³-hybridized carbons (Fsp3) is 0.671. The van der Waals surface area contributed by atoms with E-state index in [0.717, 1.165) is 56.9 Å². The largest absolute Gasteiger partial charge is 0.506 e. The number of aliphatic carboxylic acids is 2. The second kappa shape index (κ2) is 41.0. The number of carbonyl (C=O) groups is 5. The summed E-state index contributed by atoms with van der Waals surface area (Å²) in [6.45, 7) is 21.2. The first-order chi connectivity index (χ1) is 44.0. The highest BCUT2D eigenvalue weighted by Crippen LogP contribution is 2.64. The number of ether oxygens (including phenoxy) is 5. The maximum absolute atomic E-state index is 14.7. The van der Waals surface area contributed by atoms with E-state index < -0.39 is 82.4 Å². The number of carbonyl (C=O) groups excluding carboxylic acids is 3. The Hall–Kier alpha value is -6.03. The van der Waals surface area contributed by atoms with E-state index in [4.69, 9.17) is 30.1 Å². The number of phenols is 1. The van der Waals surface area contributed by atoms with Crippen LogP contribution in [0.1, 0.15) is 277 Å². The van der Waals surface area contributed by atoms with E-state index in [0.29, 0.717) is 55.4 Å². The standard InChI is InChI=1S/C38H46O9.C19H36O4.C19H34O4/c1-21(2)11-10-18-36(8)19-17-24-29(39)28-30(40)26-12-9-13-27-35(6,7)47-37(34(43)44,20-16-23(5)33(41)42)38(26,27)46-32(28)25(31(24)45-36)15-14-22(3)4;2*1-3-4-5-6-7-8-9-10-11-12-13-14-18(21)15-19(22)16-23-17(2)20/h11-12,14,16-17,19,27,39H,9-10,13,15,18,20H2,1-8H3,(H,41,42)(H,43,44);3,18-19,21-22H,1,4-16H2,2H3;1,18-19,21-22H,4-16H2,2H3. The molecule has 0 aromatic heterocycles. The first-order valence-electron chi connectivity index (χ1n) is 34.4. The van der Waals surface area contributed by atoms with Gasteiger partial charge in [0.2, 0.25) is 5.60 Å². The summed E-state index contributed by atoms with van der Waals surface area (Å²) in [5.74, 6) is -1.67. The van der Waals surface area contributed by atoms with Crippen LogP contribution in [-0.4, -0.2) is 125 Å². The van der Waals surface area contributed by atoms with Gasteiger partial charge in [0, 0.05) is 62.2 Å². The lowest BCUT2D eigenvalue weighted by atomic mass is 9.60. The fourth-order valence-electron chi connectivity index (χ4n) is 12.8. The summed E-state index contributed by atoms with van der Waals surface area (Å²) in [5, 5.41) is 71.2. The summed E-state index contributed by atoms with van der Waals surface area (Å²) < 4.78 is 29.7. The third kappa shape index (κ3) is 25.9. The molecule has 3 aliphatic heterocycles. The van der Waals surface area contributed by atoms with Crippen molar-refractivity contribution in [2.45, 2.75) is 309 Å². The summed E-state index contributed by atoms with van der Waals surface area (Å²) in [7, 11) is 0. The molecule has 0 radical (unpaired) electrons. The molecule has 7 N–H and O–H groups in total. The Kier molecular flexibility index (Phi) is 35.8. The lowest BCUT2D eigenvalue weighted by Gasteiger charge is -2.50. The normalized spacial score (nSPS) is 21.0. The number of allylic oxidation sites excluding steroid dienone is 6. The number of unbranched alkanes of at least 4 members (excludes halogenated alkanes) is 18. The van der Waals surface area contributed by atoms with Crippen molar-refractivity contribution < 1.29 is 83.4 Å². The van der Waals surface area contributed by atoms with Gasteiger partial charge in [-0.25, -0.2) is 9.59 Å². The first kappa shape index (κ1) is 81.2. The average Bonchev–Trinajstić information content (AvgIpc) is 1.60. The highest BCUT2D eigenvalue weighted by atomic mass is 16.6. The predicted molar refractivity (Wildman–Crippen MR) is 365 cm³/mol. The minimum atomic E-state index is -2.16. The number of hydrogen-bond donors (Lipinski definition) is 7. The van der Waals surface area contributed by atoms with Crippen LogP contribution in [0.25, 0.3) is 6.08 Å². The van der Waals surface area contributed by atoms with Crippen LogP contribution in [-0.2, 0) is 39.8 Å². The molecule has 522 valence electrons. The van der Waals surface area contributed by atoms with Gasteiger partial charge in [-0.15, -0.1) is 18.9 Å². The average molecular weight is 1300 g/mol. The van der Waals surface area contributed by atoms with E-state index in [2.05, 4.69) is 18.6 Å². The molecule has 1 aromatic carbocycles. The molecule has 1 saturated heterocycles. The zero-order valence-electron chi connectivity index (χ0n) is 58.1. The molecule has 17 heteroatoms. The van der Waals surface area contributed by atoms with Crippen LogP contribution in [0.4, 0.5) is 0 Å². The zero-order chi connectivity index (χ0) is 69.4. The van der Waals surface area contributed by atoms with Crippen molar-refractivity contribution in [3.8, 4) is 29.6 Å². The molecule has 3 heterocycles. The fourth-order valence-corrected chi connectivity index (χ4v) is 12.8. The van der Waals surface area contributed by atoms with Gasteiger partial charge in [0.05, 0.1) is 35.6 Å². The van der Waals surface area contributed by atoms with Crippen LogP contribution in [0.3, 0.4) is 0 Å². The molecule has 0 bridgehead atoms. The Labute approximate surface area is 556 Å². The van der Waals surface area contributed by atoms with Gasteiger partial charge in [-0.1, -0.05) is 144 Å². The second-order valence-electron chi connectivity index (χ2n) is 27.1. The van der Waals surface area contributed by atoms with E-state index >= 15 is 0 Å². The number of aliphatic hydroxyl groups excluding tert-OH is 4. The first-order valence-corrected chi connectivity index (χ1v) is 34.4. The molecule has 17 nitrogen and oxygen atoms in total. The van der Waals surface area contributed by atoms with Gasteiger partial charge in [0.1, 0.15) is 41.6 Å². The molecule has 5 rings (SSSR count). The lowest BCUT2D eigenvalue weighted by molar-refractivity contribution is -0.184. The summed E-state index contributed by atoms with van der Waals surface area (Å²) in [6.07, 6.45) is 43.7. The Morgan fingerprint density at radius 1 is 0.688 bits per heavy atom. The topological polar surface area (TPSA) is 273 Å². The van der Waals surface area contributed by atoms with E-state index in [1.807, 2.05) is 52.8 Å². The minimum Gasteiger partial charge on any atom is -0.506 e. The number of fused-ring (bicyclic) bond motifs is 2. The number of hydrogen-bond acceptors (Lipinski definition) is 15. The van der Waals surface area contributed by atoms with Crippen molar-refractivity contribution >= 4 is 35.7 Å². The molecule has 1 fully saturated rings. The molecule has 1 aliphatic carbocycles. The van der Waals surface area contributed by atoms with Gasteiger partial charge < -0.3 is 59.4 Å². The summed E-state index contributed by atoms with van der Waals surface area (Å²) >= 11 is 0. The number of carboxylic acids is 2. The van der Waals surface area contributed by atoms with Crippen LogP contribution < -0.4 is 9.47 Å². The Bertz CT molecular complexity index is 2770. The van der Waals surface area contributed by atoms with Crippen molar-refractivity contribution in [3.05, 3.63) is 82.0 Å². The third-order valence-corrected chi connectivity index (χ3v) is 17.9. The number of terminal acetylenes is 1. The number of benzene rings is 1. The quantitative estimate of drug-likeness (QED) is 0.0106. The molecule has 0 amide bonds. The summed E-state index contributed by atoms with van der Waals surface area (Å²) in [5.41, 5.74) is -2.67. The van der Waals surface area contributed by atoms with Crippen molar-refractivity contribution in [2.24, 2.45) is 5.92 Å². The van der Waals surface area contributed by atoms with Gasteiger partial charge in [-0.3, -0.25) is 14.4 Å². The second-order valence-corrected chi connectivity index (χ2v) is 27.1. The Balaban J connectivity index is 0.000000413. The highest BCUT2D eigenvalue weighted by molar-refractivity contribution is 6.17. The van der Waals surface area contributed by atoms with Crippen LogP contribution in [0.2, 0.25) is 0 Å². The molecule has 1 spiro atoms. The SMILES string of the molecule is C#CCCCCCCCCCCCC(O)CC(O)COC(C)=O.C=CCCCCCCCCCCCC(O)CC(O)COC(C)=O.CC(C)=CCCC1(C)C=Cc2c(O)c3c(c(CC=C(C)C)c2O1)OC12C(=CCCC1C(C)(C)OC2(CC=C(C)C(=O)O)C(=O)O)C3=O. The zero-order valence-corrected chi connectivity index (χ0v) is 58.1. The van der Waals surface area contributed by atoms with E-state index in [1.54, 1.807) is 26.0 Å². The highest BCUT2D eigenvalue weighted by Gasteiger charge is 2.77. The number of ketones is 1. The molecular formula is C76H116O17. The third-order valence-electron chi connectivity index (χ3n) is 17.9. The van der Waals surface area contributed by atoms with E-state index in [1.165, 1.54) is 116 Å². The van der Waals surface area contributed by atoms with Crippen molar-refractivity contribution in [1.29, 1.82) is 0 Å². The van der Waals surface area contributed by atoms with Gasteiger partial charge in [-0.2, -0.15) is 0 Å². The van der Waals surface area contributed by atoms with Crippen molar-refractivity contribution in [1.82, 2.24) is 0 Å². The smallest absolute Gasteiger partial charge is 0.340 e. The molecule has 1 aromatic rings.